The molecule has 1 aromatic carbocycles. The van der Waals surface area contributed by atoms with Gasteiger partial charge >= 0.3 is 0 Å². The van der Waals surface area contributed by atoms with Gasteiger partial charge in [0.25, 0.3) is 5.91 Å². The van der Waals surface area contributed by atoms with E-state index in [1.165, 1.54) is 0 Å². The van der Waals surface area contributed by atoms with E-state index in [-0.39, 0.29) is 35.8 Å². The molecule has 100 valence electrons. The predicted octanol–water partition coefficient (Wildman–Crippen LogP) is 1.84. The van der Waals surface area contributed by atoms with Crippen LogP contribution < -0.4 is 5.32 Å². The van der Waals surface area contributed by atoms with Crippen LogP contribution in [-0.4, -0.2) is 28.8 Å². The minimum atomic E-state index is -0.355. The number of amides is 1. The lowest BCUT2D eigenvalue weighted by Gasteiger charge is -2.22. The Balaban J connectivity index is 2.81. The van der Waals surface area contributed by atoms with Gasteiger partial charge in [-0.05, 0) is 30.5 Å². The summed E-state index contributed by atoms with van der Waals surface area (Å²) in [6.45, 7) is 5.71. The lowest BCUT2D eigenvalue weighted by atomic mass is 9.99. The highest BCUT2D eigenvalue weighted by molar-refractivity contribution is 5.97. The Kier molecular flexibility index (Phi) is 5.16. The number of aliphatic hydroxyl groups excluding tert-OH is 1. The molecule has 0 fully saturated rings. The average Bonchev–Trinajstić information content (AvgIpc) is 2.34. The minimum absolute atomic E-state index is 0.0339. The molecular formula is C14H21NO3. The quantitative estimate of drug-likeness (QED) is 0.748. The van der Waals surface area contributed by atoms with Gasteiger partial charge in [0.1, 0.15) is 5.75 Å². The number of aromatic hydroxyl groups is 1. The van der Waals surface area contributed by atoms with Gasteiger partial charge in [0, 0.05) is 0 Å². The van der Waals surface area contributed by atoms with Crippen LogP contribution in [0.1, 0.15) is 36.2 Å². The third kappa shape index (κ3) is 3.47. The summed E-state index contributed by atoms with van der Waals surface area (Å²) in [5.41, 5.74) is 1.13. The van der Waals surface area contributed by atoms with E-state index >= 15 is 0 Å². The predicted molar refractivity (Wildman–Crippen MR) is 70.6 cm³/mol. The zero-order chi connectivity index (χ0) is 13.7. The molecule has 0 radical (unpaired) electrons. The number of nitrogens with one attached hydrogen (secondary N) is 1. The summed E-state index contributed by atoms with van der Waals surface area (Å²) >= 11 is 0. The molecule has 0 aliphatic rings. The second kappa shape index (κ2) is 6.40. The van der Waals surface area contributed by atoms with Crippen molar-refractivity contribution in [1.82, 2.24) is 5.32 Å². The lowest BCUT2D eigenvalue weighted by Crippen LogP contribution is -2.41. The average molecular weight is 251 g/mol. The number of aryl methyl sites for hydroxylation is 1. The molecule has 0 spiro atoms. The van der Waals surface area contributed by atoms with Crippen LogP contribution in [0.2, 0.25) is 0 Å². The van der Waals surface area contributed by atoms with Crippen molar-refractivity contribution in [3.63, 3.8) is 0 Å². The summed E-state index contributed by atoms with van der Waals surface area (Å²) in [7, 11) is 0. The molecule has 0 saturated carbocycles. The van der Waals surface area contributed by atoms with Crippen molar-refractivity contribution in [1.29, 1.82) is 0 Å². The van der Waals surface area contributed by atoms with Gasteiger partial charge < -0.3 is 15.5 Å². The standard InChI is InChI=1S/C14H21NO3/c1-4-10(3)12(8-16)15-14(18)11-6-5-9(2)7-13(11)17/h5-7,10,12,16-17H,4,8H2,1-3H3,(H,15,18). The summed E-state index contributed by atoms with van der Waals surface area (Å²) in [5.74, 6) is -0.202. The number of phenolic OH excluding ortho intramolecular Hbond substituents is 1. The number of carbonyl (C=O) groups is 1. The summed E-state index contributed by atoms with van der Waals surface area (Å²) in [5, 5.41) is 21.7. The van der Waals surface area contributed by atoms with Gasteiger partial charge in [-0.25, -0.2) is 0 Å². The fraction of sp³-hybridized carbons (Fsp3) is 0.500. The van der Waals surface area contributed by atoms with Gasteiger partial charge in [0.05, 0.1) is 18.2 Å². The van der Waals surface area contributed by atoms with Crippen LogP contribution in [0, 0.1) is 12.8 Å². The number of aliphatic hydroxyl groups is 1. The van der Waals surface area contributed by atoms with E-state index in [1.807, 2.05) is 20.8 Å². The van der Waals surface area contributed by atoms with Crippen molar-refractivity contribution in [2.24, 2.45) is 5.92 Å². The van der Waals surface area contributed by atoms with Crippen LogP contribution in [0.3, 0.4) is 0 Å². The second-order valence-electron chi connectivity index (χ2n) is 4.67. The summed E-state index contributed by atoms with van der Waals surface area (Å²) in [6, 6.07) is 4.62. The zero-order valence-corrected chi connectivity index (χ0v) is 11.1. The zero-order valence-electron chi connectivity index (χ0n) is 11.1. The summed E-state index contributed by atoms with van der Waals surface area (Å²) in [6.07, 6.45) is 0.866. The highest BCUT2D eigenvalue weighted by Gasteiger charge is 2.19. The molecule has 0 aliphatic carbocycles. The van der Waals surface area contributed by atoms with Crippen LogP contribution >= 0.6 is 0 Å². The fourth-order valence-corrected chi connectivity index (χ4v) is 1.73. The van der Waals surface area contributed by atoms with Gasteiger partial charge in [-0.2, -0.15) is 0 Å². The van der Waals surface area contributed by atoms with Crippen molar-refractivity contribution in [3.05, 3.63) is 29.3 Å². The number of hydrogen-bond acceptors (Lipinski definition) is 3. The summed E-state index contributed by atoms with van der Waals surface area (Å²) < 4.78 is 0. The van der Waals surface area contributed by atoms with Crippen molar-refractivity contribution in [3.8, 4) is 5.75 Å². The maximum Gasteiger partial charge on any atom is 0.255 e. The van der Waals surface area contributed by atoms with E-state index in [9.17, 15) is 15.0 Å². The maximum absolute atomic E-state index is 12.0. The van der Waals surface area contributed by atoms with Crippen molar-refractivity contribution in [2.45, 2.75) is 33.2 Å². The first-order valence-electron chi connectivity index (χ1n) is 6.20. The molecule has 18 heavy (non-hydrogen) atoms. The molecule has 0 bridgehead atoms. The second-order valence-corrected chi connectivity index (χ2v) is 4.67. The maximum atomic E-state index is 12.0. The Morgan fingerprint density at radius 1 is 1.44 bits per heavy atom. The topological polar surface area (TPSA) is 69.6 Å². The Morgan fingerprint density at radius 3 is 2.61 bits per heavy atom. The molecule has 0 saturated heterocycles. The monoisotopic (exact) mass is 251 g/mol. The lowest BCUT2D eigenvalue weighted by molar-refractivity contribution is 0.0888. The van der Waals surface area contributed by atoms with Crippen molar-refractivity contribution in [2.75, 3.05) is 6.61 Å². The highest BCUT2D eigenvalue weighted by Crippen LogP contribution is 2.19. The van der Waals surface area contributed by atoms with Crippen molar-refractivity contribution < 1.29 is 15.0 Å². The molecule has 0 heterocycles. The third-order valence-electron chi connectivity index (χ3n) is 3.24. The van der Waals surface area contributed by atoms with E-state index in [1.54, 1.807) is 18.2 Å². The minimum Gasteiger partial charge on any atom is -0.507 e. The van der Waals surface area contributed by atoms with Crippen LogP contribution in [0.25, 0.3) is 0 Å². The number of hydrogen-bond donors (Lipinski definition) is 3. The molecule has 4 nitrogen and oxygen atoms in total. The number of benzene rings is 1. The van der Waals surface area contributed by atoms with Gasteiger partial charge in [-0.3, -0.25) is 4.79 Å². The van der Waals surface area contributed by atoms with E-state index in [0.717, 1.165) is 12.0 Å². The van der Waals surface area contributed by atoms with E-state index in [2.05, 4.69) is 5.32 Å². The molecule has 1 rings (SSSR count). The first-order chi connectivity index (χ1) is 8.49. The van der Waals surface area contributed by atoms with Crippen LogP contribution in [0.5, 0.6) is 5.75 Å². The number of phenols is 1. The third-order valence-corrected chi connectivity index (χ3v) is 3.24. The SMILES string of the molecule is CCC(C)C(CO)NC(=O)c1ccc(C)cc1O. The molecule has 4 heteroatoms. The molecule has 1 amide bonds. The van der Waals surface area contributed by atoms with Gasteiger partial charge in [0.2, 0.25) is 0 Å². The largest absolute Gasteiger partial charge is 0.507 e. The number of rotatable bonds is 5. The Morgan fingerprint density at radius 2 is 2.11 bits per heavy atom. The molecule has 0 aromatic heterocycles. The first kappa shape index (κ1) is 14.5. The van der Waals surface area contributed by atoms with Crippen LogP contribution in [0.4, 0.5) is 0 Å². The Labute approximate surface area is 108 Å². The smallest absolute Gasteiger partial charge is 0.255 e. The molecule has 3 N–H and O–H groups in total. The van der Waals surface area contributed by atoms with Crippen LogP contribution in [0.15, 0.2) is 18.2 Å². The van der Waals surface area contributed by atoms with E-state index < -0.39 is 0 Å². The first-order valence-corrected chi connectivity index (χ1v) is 6.20. The van der Waals surface area contributed by atoms with Gasteiger partial charge in [0.15, 0.2) is 0 Å². The van der Waals surface area contributed by atoms with Crippen molar-refractivity contribution >= 4 is 5.91 Å². The molecule has 2 atom stereocenters. The van der Waals surface area contributed by atoms with E-state index in [0.29, 0.717) is 0 Å². The molecule has 1 aromatic rings. The normalized spacial score (nSPS) is 14.0. The summed E-state index contributed by atoms with van der Waals surface area (Å²) in [4.78, 5) is 12.0. The molecular weight excluding hydrogens is 230 g/mol. The Bertz CT molecular complexity index is 418. The molecule has 2 unspecified atom stereocenters. The van der Waals surface area contributed by atoms with Gasteiger partial charge in [-0.15, -0.1) is 0 Å². The highest BCUT2D eigenvalue weighted by atomic mass is 16.3. The number of carbonyl (C=O) groups excluding carboxylic acids is 1. The molecule has 0 aliphatic heterocycles. The van der Waals surface area contributed by atoms with Gasteiger partial charge in [-0.1, -0.05) is 26.3 Å². The van der Waals surface area contributed by atoms with Crippen LogP contribution in [-0.2, 0) is 0 Å². The fourth-order valence-electron chi connectivity index (χ4n) is 1.73. The van der Waals surface area contributed by atoms with E-state index in [4.69, 9.17) is 0 Å². The Hall–Kier alpha value is -1.55.